The molecule has 7 nitrogen and oxygen atoms in total. The number of nitrogens with zero attached hydrogens (tertiary/aromatic N) is 2. The summed E-state index contributed by atoms with van der Waals surface area (Å²) in [5.41, 5.74) is 2.62. The molecular weight excluding hydrogens is 375 g/mol. The number of benzene rings is 1. The normalized spacial score (nSPS) is 15.1. The lowest BCUT2D eigenvalue weighted by molar-refractivity contribution is -0.123. The molecule has 2 amide bonds. The van der Waals surface area contributed by atoms with Crippen LogP contribution in [-0.2, 0) is 11.8 Å². The van der Waals surface area contributed by atoms with Crippen LogP contribution in [-0.4, -0.2) is 34.3 Å². The van der Waals surface area contributed by atoms with E-state index in [2.05, 4.69) is 15.7 Å². The summed E-state index contributed by atoms with van der Waals surface area (Å²) in [5.74, 6) is -1.21. The van der Waals surface area contributed by atoms with Gasteiger partial charge in [0.1, 0.15) is 6.54 Å². The van der Waals surface area contributed by atoms with Gasteiger partial charge in [-0.1, -0.05) is 6.92 Å². The number of anilines is 2. The molecule has 0 saturated carbocycles. The molecule has 0 aliphatic carbocycles. The van der Waals surface area contributed by atoms with E-state index in [0.29, 0.717) is 34.6 Å². The van der Waals surface area contributed by atoms with Gasteiger partial charge in [-0.25, -0.2) is 0 Å². The molecule has 2 heterocycles. The average molecular weight is 393 g/mol. The molecule has 0 atom stereocenters. The molecule has 1 aromatic carbocycles. The average Bonchev–Trinajstić information content (AvgIpc) is 3.18. The SMILES string of the molecule is CCC(Nc1cnn(C)c1)=C1C(=O)Nc2ccc(C(=O)NCC(F)(F)F)cc21. The molecule has 0 unspecified atom stereocenters. The Morgan fingerprint density at radius 2 is 2.07 bits per heavy atom. The summed E-state index contributed by atoms with van der Waals surface area (Å²) < 4.78 is 38.6. The van der Waals surface area contributed by atoms with Crippen LogP contribution in [0.1, 0.15) is 29.3 Å². The highest BCUT2D eigenvalue weighted by molar-refractivity contribution is 6.32. The van der Waals surface area contributed by atoms with Gasteiger partial charge in [0, 0.05) is 35.8 Å². The van der Waals surface area contributed by atoms with Crippen molar-refractivity contribution in [1.82, 2.24) is 15.1 Å². The third-order valence-electron chi connectivity index (χ3n) is 4.13. The molecule has 0 bridgehead atoms. The number of aryl methyl sites for hydroxylation is 1. The molecule has 3 N–H and O–H groups in total. The number of hydrogen-bond donors (Lipinski definition) is 3. The Kier molecular flexibility index (Phi) is 5.12. The fraction of sp³-hybridized carbons (Fsp3) is 0.278. The number of fused-ring (bicyclic) bond motifs is 1. The summed E-state index contributed by atoms with van der Waals surface area (Å²) in [7, 11) is 1.76. The van der Waals surface area contributed by atoms with E-state index in [4.69, 9.17) is 0 Å². The van der Waals surface area contributed by atoms with Crippen molar-refractivity contribution in [2.24, 2.45) is 7.05 Å². The summed E-state index contributed by atoms with van der Waals surface area (Å²) in [4.78, 5) is 24.5. The van der Waals surface area contributed by atoms with Crippen LogP contribution in [0.25, 0.3) is 5.57 Å². The lowest BCUT2D eigenvalue weighted by atomic mass is 10.0. The van der Waals surface area contributed by atoms with Gasteiger partial charge in [-0.15, -0.1) is 0 Å². The fourth-order valence-corrected chi connectivity index (χ4v) is 2.88. The zero-order valence-electron chi connectivity index (χ0n) is 15.1. The van der Waals surface area contributed by atoms with E-state index in [1.807, 2.05) is 12.2 Å². The predicted octanol–water partition coefficient (Wildman–Crippen LogP) is 2.90. The predicted molar refractivity (Wildman–Crippen MR) is 97.5 cm³/mol. The first-order valence-electron chi connectivity index (χ1n) is 8.47. The van der Waals surface area contributed by atoms with Crippen molar-refractivity contribution in [2.75, 3.05) is 17.2 Å². The maximum absolute atomic E-state index is 12.5. The Balaban J connectivity index is 1.93. The Bertz CT molecular complexity index is 962. The monoisotopic (exact) mass is 393 g/mol. The summed E-state index contributed by atoms with van der Waals surface area (Å²) >= 11 is 0. The van der Waals surface area contributed by atoms with E-state index in [9.17, 15) is 22.8 Å². The number of rotatable bonds is 5. The van der Waals surface area contributed by atoms with Gasteiger partial charge >= 0.3 is 6.18 Å². The minimum atomic E-state index is -4.50. The van der Waals surface area contributed by atoms with Gasteiger partial charge in [0.15, 0.2) is 0 Å². The molecule has 1 aromatic heterocycles. The molecule has 0 saturated heterocycles. The van der Waals surface area contributed by atoms with Crippen molar-refractivity contribution in [3.63, 3.8) is 0 Å². The standard InChI is InChI=1S/C18H18F3N5O2/c1-3-13(24-11-7-23-26(2)8-11)15-12-6-10(4-5-14(12)25-17(15)28)16(27)22-9-18(19,20)21/h4-8,24H,3,9H2,1-2H3,(H,22,27)(H,25,28). The molecule has 148 valence electrons. The van der Waals surface area contributed by atoms with E-state index in [1.54, 1.807) is 24.1 Å². The molecule has 0 fully saturated rings. The molecule has 2 aromatic rings. The first-order valence-corrected chi connectivity index (χ1v) is 8.47. The lowest BCUT2D eigenvalue weighted by Gasteiger charge is -2.12. The highest BCUT2D eigenvalue weighted by Gasteiger charge is 2.30. The zero-order valence-corrected chi connectivity index (χ0v) is 15.1. The van der Waals surface area contributed by atoms with E-state index in [1.165, 1.54) is 18.2 Å². The van der Waals surface area contributed by atoms with Crippen molar-refractivity contribution in [2.45, 2.75) is 19.5 Å². The van der Waals surface area contributed by atoms with Gasteiger partial charge in [0.05, 0.1) is 17.5 Å². The number of aromatic nitrogens is 2. The number of amides is 2. The molecule has 0 radical (unpaired) electrons. The van der Waals surface area contributed by atoms with Crippen LogP contribution in [0.15, 0.2) is 36.3 Å². The van der Waals surface area contributed by atoms with Crippen LogP contribution >= 0.6 is 0 Å². The van der Waals surface area contributed by atoms with Gasteiger partial charge in [-0.2, -0.15) is 18.3 Å². The molecule has 10 heteroatoms. The minimum absolute atomic E-state index is 0.0360. The van der Waals surface area contributed by atoms with Crippen molar-refractivity contribution in [3.8, 4) is 0 Å². The molecular formula is C18H18F3N5O2. The van der Waals surface area contributed by atoms with E-state index >= 15 is 0 Å². The van der Waals surface area contributed by atoms with Gasteiger partial charge < -0.3 is 16.0 Å². The van der Waals surface area contributed by atoms with Crippen molar-refractivity contribution in [1.29, 1.82) is 0 Å². The summed E-state index contributed by atoms with van der Waals surface area (Å²) in [6, 6.07) is 4.28. The zero-order chi connectivity index (χ0) is 20.5. The van der Waals surface area contributed by atoms with Crippen molar-refractivity contribution < 1.29 is 22.8 Å². The number of halogens is 3. The van der Waals surface area contributed by atoms with Gasteiger partial charge in [-0.3, -0.25) is 14.3 Å². The number of nitrogens with one attached hydrogen (secondary N) is 3. The first-order chi connectivity index (χ1) is 13.2. The third-order valence-corrected chi connectivity index (χ3v) is 4.13. The second-order valence-corrected chi connectivity index (χ2v) is 6.25. The van der Waals surface area contributed by atoms with Crippen LogP contribution in [0, 0.1) is 0 Å². The van der Waals surface area contributed by atoms with E-state index < -0.39 is 18.6 Å². The number of carbonyl (C=O) groups excluding carboxylic acids is 2. The fourth-order valence-electron chi connectivity index (χ4n) is 2.88. The maximum atomic E-state index is 12.5. The van der Waals surface area contributed by atoms with Crippen LogP contribution in [0.3, 0.4) is 0 Å². The third kappa shape index (κ3) is 4.16. The summed E-state index contributed by atoms with van der Waals surface area (Å²) in [6.07, 6.45) is -0.671. The van der Waals surface area contributed by atoms with Gasteiger partial charge in [-0.05, 0) is 24.6 Å². The maximum Gasteiger partial charge on any atom is 0.405 e. The van der Waals surface area contributed by atoms with E-state index in [0.717, 1.165) is 0 Å². The molecule has 1 aliphatic heterocycles. The number of carbonyl (C=O) groups is 2. The smallest absolute Gasteiger partial charge is 0.356 e. The lowest BCUT2D eigenvalue weighted by Crippen LogP contribution is -2.33. The van der Waals surface area contributed by atoms with Gasteiger partial charge in [0.25, 0.3) is 11.8 Å². The molecule has 1 aliphatic rings. The summed E-state index contributed by atoms with van der Waals surface area (Å²) in [6.45, 7) is 0.433. The first kappa shape index (κ1) is 19.5. The Hall–Kier alpha value is -3.30. The minimum Gasteiger partial charge on any atom is -0.356 e. The van der Waals surface area contributed by atoms with Crippen LogP contribution in [0.5, 0.6) is 0 Å². The van der Waals surface area contributed by atoms with Gasteiger partial charge in [0.2, 0.25) is 0 Å². The highest BCUT2D eigenvalue weighted by Crippen LogP contribution is 2.35. The quantitative estimate of drug-likeness (QED) is 0.682. The second-order valence-electron chi connectivity index (χ2n) is 6.25. The number of hydrogen-bond acceptors (Lipinski definition) is 4. The molecule has 0 spiro atoms. The van der Waals surface area contributed by atoms with E-state index in [-0.39, 0.29) is 11.5 Å². The van der Waals surface area contributed by atoms with Crippen molar-refractivity contribution in [3.05, 3.63) is 47.4 Å². The molecule has 3 rings (SSSR count). The Morgan fingerprint density at radius 3 is 2.68 bits per heavy atom. The van der Waals surface area contributed by atoms with Crippen LogP contribution in [0.2, 0.25) is 0 Å². The number of alkyl halides is 3. The Labute approximate surface area is 158 Å². The molecule has 28 heavy (non-hydrogen) atoms. The topological polar surface area (TPSA) is 88.1 Å². The Morgan fingerprint density at radius 1 is 1.32 bits per heavy atom. The number of allylic oxidation sites excluding steroid dienone is 1. The summed E-state index contributed by atoms with van der Waals surface area (Å²) in [5, 5.41) is 11.7. The largest absolute Gasteiger partial charge is 0.405 e. The second kappa shape index (κ2) is 7.37. The highest BCUT2D eigenvalue weighted by atomic mass is 19.4. The van der Waals surface area contributed by atoms with Crippen LogP contribution < -0.4 is 16.0 Å². The van der Waals surface area contributed by atoms with Crippen LogP contribution in [0.4, 0.5) is 24.5 Å². The van der Waals surface area contributed by atoms with Crippen molar-refractivity contribution >= 4 is 28.8 Å².